The van der Waals surface area contributed by atoms with Gasteiger partial charge in [-0.15, -0.1) is 0 Å². The summed E-state index contributed by atoms with van der Waals surface area (Å²) in [4.78, 5) is 8.19. The van der Waals surface area contributed by atoms with Crippen LogP contribution in [0.1, 0.15) is 46.0 Å². The lowest BCUT2D eigenvalue weighted by atomic mass is 10.0. The van der Waals surface area contributed by atoms with Gasteiger partial charge in [-0.2, -0.15) is 0 Å². The molecule has 0 fully saturated rings. The second kappa shape index (κ2) is 9.09. The Morgan fingerprint density at radius 1 is 1.16 bits per heavy atom. The van der Waals surface area contributed by atoms with Crippen molar-refractivity contribution < 1.29 is 0 Å². The highest BCUT2D eigenvalue weighted by molar-refractivity contribution is 9.10. The van der Waals surface area contributed by atoms with Crippen LogP contribution in [-0.2, 0) is 0 Å². The molecule has 1 aromatic rings. The summed E-state index contributed by atoms with van der Waals surface area (Å²) in [7, 11) is 0. The number of nitrogens with zero attached hydrogens (tertiary/aromatic N) is 2. The maximum atomic E-state index is 5.36. The third kappa shape index (κ3) is 6.20. The Morgan fingerprint density at radius 3 is 2.53 bits per heavy atom. The lowest BCUT2D eigenvalue weighted by Gasteiger charge is -2.09. The van der Waals surface area contributed by atoms with Gasteiger partial charge in [0.15, 0.2) is 5.82 Å². The van der Waals surface area contributed by atoms with Crippen molar-refractivity contribution in [1.82, 2.24) is 9.97 Å². The van der Waals surface area contributed by atoms with Crippen LogP contribution in [0.25, 0.3) is 0 Å². The molecule has 0 bridgehead atoms. The number of hydrogen-bond donors (Lipinski definition) is 3. The van der Waals surface area contributed by atoms with E-state index in [4.69, 9.17) is 5.84 Å². The van der Waals surface area contributed by atoms with E-state index >= 15 is 0 Å². The Balaban J connectivity index is 2.19. The summed E-state index contributed by atoms with van der Waals surface area (Å²) in [5.74, 6) is 7.55. The molecule has 0 saturated carbocycles. The van der Waals surface area contributed by atoms with E-state index in [2.05, 4.69) is 50.5 Å². The number of halogens is 1. The number of nitrogen functional groups attached to an aromatic ring is 1. The first-order chi connectivity index (χ1) is 9.15. The highest BCUT2D eigenvalue weighted by Crippen LogP contribution is 2.25. The summed E-state index contributed by atoms with van der Waals surface area (Å²) in [5, 5.41) is 3.29. The van der Waals surface area contributed by atoms with Gasteiger partial charge in [0, 0.05) is 6.54 Å². The standard InChI is InChI=1S/C13H24BrN5/c1-10(2)7-5-3-4-6-8-16-12-11(14)13(19-15)18-9-17-12/h9-10H,3-8,15H2,1-2H3,(H2,16,17,18,19). The number of hydrogen-bond acceptors (Lipinski definition) is 5. The Hall–Kier alpha value is -0.880. The van der Waals surface area contributed by atoms with Crippen LogP contribution < -0.4 is 16.6 Å². The maximum absolute atomic E-state index is 5.36. The van der Waals surface area contributed by atoms with E-state index in [1.54, 1.807) is 0 Å². The van der Waals surface area contributed by atoms with Gasteiger partial charge in [0.05, 0.1) is 0 Å². The first-order valence-electron chi connectivity index (χ1n) is 6.86. The highest BCUT2D eigenvalue weighted by atomic mass is 79.9. The lowest BCUT2D eigenvalue weighted by Crippen LogP contribution is -2.11. The van der Waals surface area contributed by atoms with Gasteiger partial charge >= 0.3 is 0 Å². The Bertz CT molecular complexity index is 370. The number of hydrazine groups is 1. The second-order valence-corrected chi connectivity index (χ2v) is 5.85. The van der Waals surface area contributed by atoms with Crippen LogP contribution in [-0.4, -0.2) is 16.5 Å². The van der Waals surface area contributed by atoms with Crippen molar-refractivity contribution in [2.75, 3.05) is 17.3 Å². The van der Waals surface area contributed by atoms with Gasteiger partial charge in [0.1, 0.15) is 16.6 Å². The van der Waals surface area contributed by atoms with E-state index in [0.717, 1.165) is 29.2 Å². The molecule has 1 heterocycles. The Kier molecular flexibility index (Phi) is 7.74. The molecule has 0 saturated heterocycles. The number of aromatic nitrogens is 2. The number of anilines is 2. The molecule has 0 amide bonds. The van der Waals surface area contributed by atoms with Gasteiger partial charge in [0.2, 0.25) is 0 Å². The van der Waals surface area contributed by atoms with Crippen molar-refractivity contribution in [2.45, 2.75) is 46.0 Å². The first kappa shape index (κ1) is 16.2. The molecule has 0 aromatic carbocycles. The SMILES string of the molecule is CC(C)CCCCCCNc1ncnc(NN)c1Br. The number of unbranched alkanes of at least 4 members (excludes halogenated alkanes) is 3. The Morgan fingerprint density at radius 2 is 1.84 bits per heavy atom. The molecule has 0 aliphatic carbocycles. The van der Waals surface area contributed by atoms with Gasteiger partial charge in [-0.3, -0.25) is 0 Å². The van der Waals surface area contributed by atoms with Gasteiger partial charge < -0.3 is 10.7 Å². The molecular formula is C13H24BrN5. The zero-order valence-electron chi connectivity index (χ0n) is 11.7. The zero-order valence-corrected chi connectivity index (χ0v) is 13.3. The van der Waals surface area contributed by atoms with E-state index in [1.165, 1.54) is 32.0 Å². The van der Waals surface area contributed by atoms with E-state index < -0.39 is 0 Å². The van der Waals surface area contributed by atoms with Crippen molar-refractivity contribution in [3.63, 3.8) is 0 Å². The third-order valence-corrected chi connectivity index (χ3v) is 3.68. The average molecular weight is 330 g/mol. The minimum Gasteiger partial charge on any atom is -0.369 e. The van der Waals surface area contributed by atoms with Crippen LogP contribution in [0.15, 0.2) is 10.8 Å². The van der Waals surface area contributed by atoms with E-state index in [9.17, 15) is 0 Å². The minimum atomic E-state index is 0.592. The quantitative estimate of drug-likeness (QED) is 0.367. The fourth-order valence-electron chi connectivity index (χ4n) is 1.83. The predicted molar refractivity (Wildman–Crippen MR) is 84.0 cm³/mol. The molecule has 0 atom stereocenters. The molecule has 19 heavy (non-hydrogen) atoms. The normalized spacial score (nSPS) is 10.8. The van der Waals surface area contributed by atoms with Gasteiger partial charge in [-0.1, -0.05) is 39.5 Å². The zero-order chi connectivity index (χ0) is 14.1. The Labute approximate surface area is 123 Å². The maximum Gasteiger partial charge on any atom is 0.159 e. The molecule has 5 nitrogen and oxygen atoms in total. The molecule has 0 aliphatic heterocycles. The first-order valence-corrected chi connectivity index (χ1v) is 7.65. The largest absolute Gasteiger partial charge is 0.369 e. The molecule has 1 rings (SSSR count). The molecule has 4 N–H and O–H groups in total. The molecule has 1 aromatic heterocycles. The summed E-state index contributed by atoms with van der Waals surface area (Å²) >= 11 is 3.42. The van der Waals surface area contributed by atoms with E-state index in [-0.39, 0.29) is 0 Å². The van der Waals surface area contributed by atoms with Gasteiger partial charge in [-0.25, -0.2) is 15.8 Å². The monoisotopic (exact) mass is 329 g/mol. The number of rotatable bonds is 9. The highest BCUT2D eigenvalue weighted by Gasteiger charge is 2.06. The van der Waals surface area contributed by atoms with Gasteiger partial charge in [-0.05, 0) is 28.3 Å². The van der Waals surface area contributed by atoms with Crippen molar-refractivity contribution in [1.29, 1.82) is 0 Å². The van der Waals surface area contributed by atoms with Crippen LogP contribution in [0.3, 0.4) is 0 Å². The van der Waals surface area contributed by atoms with Crippen LogP contribution >= 0.6 is 15.9 Å². The van der Waals surface area contributed by atoms with Crippen LogP contribution in [0.5, 0.6) is 0 Å². The average Bonchev–Trinajstić information content (AvgIpc) is 2.39. The van der Waals surface area contributed by atoms with E-state index in [0.29, 0.717) is 5.82 Å². The van der Waals surface area contributed by atoms with Crippen molar-refractivity contribution in [3.8, 4) is 0 Å². The number of nitrogens with one attached hydrogen (secondary N) is 2. The number of nitrogens with two attached hydrogens (primary N) is 1. The summed E-state index contributed by atoms with van der Waals surface area (Å²) in [6, 6.07) is 0. The second-order valence-electron chi connectivity index (χ2n) is 5.05. The minimum absolute atomic E-state index is 0.592. The summed E-state index contributed by atoms with van der Waals surface area (Å²) < 4.78 is 0.775. The van der Waals surface area contributed by atoms with Crippen LogP contribution in [0.4, 0.5) is 11.6 Å². The smallest absolute Gasteiger partial charge is 0.159 e. The summed E-state index contributed by atoms with van der Waals surface area (Å²) in [6.45, 7) is 5.47. The molecule has 0 unspecified atom stereocenters. The molecular weight excluding hydrogens is 306 g/mol. The van der Waals surface area contributed by atoms with E-state index in [1.807, 2.05) is 0 Å². The lowest BCUT2D eigenvalue weighted by molar-refractivity contribution is 0.523. The topological polar surface area (TPSA) is 75.9 Å². The van der Waals surface area contributed by atoms with Crippen LogP contribution in [0.2, 0.25) is 0 Å². The van der Waals surface area contributed by atoms with Crippen molar-refractivity contribution in [3.05, 3.63) is 10.8 Å². The molecule has 0 spiro atoms. The third-order valence-electron chi connectivity index (χ3n) is 2.93. The van der Waals surface area contributed by atoms with Crippen molar-refractivity contribution in [2.24, 2.45) is 11.8 Å². The predicted octanol–water partition coefficient (Wildman–Crippen LogP) is 3.54. The summed E-state index contributed by atoms with van der Waals surface area (Å²) in [6.07, 6.45) is 7.86. The summed E-state index contributed by atoms with van der Waals surface area (Å²) in [5.41, 5.74) is 2.53. The molecule has 108 valence electrons. The van der Waals surface area contributed by atoms with Crippen molar-refractivity contribution >= 4 is 27.6 Å². The fraction of sp³-hybridized carbons (Fsp3) is 0.692. The molecule has 0 aliphatic rings. The molecule has 0 radical (unpaired) electrons. The van der Waals surface area contributed by atoms with Crippen LogP contribution in [0, 0.1) is 5.92 Å². The molecule has 6 heteroatoms. The fourth-order valence-corrected chi connectivity index (χ4v) is 2.29. The van der Waals surface area contributed by atoms with Gasteiger partial charge in [0.25, 0.3) is 0 Å².